The highest BCUT2D eigenvalue weighted by atomic mass is 16.3. The van der Waals surface area contributed by atoms with Gasteiger partial charge in [-0.1, -0.05) is 26.2 Å². The van der Waals surface area contributed by atoms with Gasteiger partial charge in [0.25, 0.3) is 0 Å². The van der Waals surface area contributed by atoms with Crippen molar-refractivity contribution in [2.45, 2.75) is 51.6 Å². The molecule has 2 unspecified atom stereocenters. The molecule has 13 heavy (non-hydrogen) atoms. The van der Waals surface area contributed by atoms with Crippen LogP contribution in [0.4, 0.5) is 0 Å². The molecule has 2 atom stereocenters. The van der Waals surface area contributed by atoms with Gasteiger partial charge in [0.1, 0.15) is 0 Å². The summed E-state index contributed by atoms with van der Waals surface area (Å²) >= 11 is 0. The predicted molar refractivity (Wildman–Crippen MR) is 55.4 cm³/mol. The Bertz CT molecular complexity index is 134. The molecule has 1 aliphatic rings. The summed E-state index contributed by atoms with van der Waals surface area (Å²) in [4.78, 5) is 0. The van der Waals surface area contributed by atoms with Crippen LogP contribution >= 0.6 is 0 Å². The summed E-state index contributed by atoms with van der Waals surface area (Å²) in [6, 6.07) is 0. The summed E-state index contributed by atoms with van der Waals surface area (Å²) < 4.78 is 0. The van der Waals surface area contributed by atoms with Crippen molar-refractivity contribution in [2.24, 2.45) is 17.6 Å². The van der Waals surface area contributed by atoms with Gasteiger partial charge in [-0.25, -0.2) is 0 Å². The summed E-state index contributed by atoms with van der Waals surface area (Å²) in [6.07, 6.45) is 6.99. The van der Waals surface area contributed by atoms with Gasteiger partial charge in [0, 0.05) is 0 Å². The maximum atomic E-state index is 9.84. The van der Waals surface area contributed by atoms with Gasteiger partial charge in [-0.3, -0.25) is 0 Å². The first kappa shape index (κ1) is 11.0. The monoisotopic (exact) mass is 185 g/mol. The van der Waals surface area contributed by atoms with E-state index in [1.165, 1.54) is 19.3 Å². The van der Waals surface area contributed by atoms with E-state index in [-0.39, 0.29) is 6.10 Å². The zero-order chi connectivity index (χ0) is 9.68. The average molecular weight is 185 g/mol. The lowest BCUT2D eigenvalue weighted by Crippen LogP contribution is -2.27. The molecule has 1 fully saturated rings. The van der Waals surface area contributed by atoms with Gasteiger partial charge in [0.2, 0.25) is 0 Å². The van der Waals surface area contributed by atoms with Crippen LogP contribution < -0.4 is 5.73 Å². The Labute approximate surface area is 81.5 Å². The SMILES string of the molecule is CCCC(CN)C(O)CCC1CC1. The Balaban J connectivity index is 2.12. The lowest BCUT2D eigenvalue weighted by atomic mass is 9.93. The lowest BCUT2D eigenvalue weighted by Gasteiger charge is -2.20. The first-order valence-electron chi connectivity index (χ1n) is 5.66. The van der Waals surface area contributed by atoms with Crippen molar-refractivity contribution in [3.8, 4) is 0 Å². The molecule has 0 aliphatic heterocycles. The smallest absolute Gasteiger partial charge is 0.0580 e. The fourth-order valence-corrected chi connectivity index (χ4v) is 1.89. The number of hydrogen-bond acceptors (Lipinski definition) is 2. The second-order valence-corrected chi connectivity index (χ2v) is 4.37. The molecule has 0 spiro atoms. The second-order valence-electron chi connectivity index (χ2n) is 4.37. The predicted octanol–water partition coefficient (Wildman–Crippen LogP) is 1.91. The molecule has 78 valence electrons. The van der Waals surface area contributed by atoms with Crippen molar-refractivity contribution in [3.63, 3.8) is 0 Å². The van der Waals surface area contributed by atoms with E-state index in [0.717, 1.165) is 25.2 Å². The first-order chi connectivity index (χ1) is 6.27. The Kier molecular flexibility index (Phi) is 4.74. The van der Waals surface area contributed by atoms with Gasteiger partial charge in [-0.15, -0.1) is 0 Å². The molecule has 2 nitrogen and oxygen atoms in total. The number of hydrogen-bond donors (Lipinski definition) is 2. The van der Waals surface area contributed by atoms with E-state index in [2.05, 4.69) is 6.92 Å². The minimum absolute atomic E-state index is 0.148. The van der Waals surface area contributed by atoms with Crippen molar-refractivity contribution in [3.05, 3.63) is 0 Å². The van der Waals surface area contributed by atoms with E-state index < -0.39 is 0 Å². The summed E-state index contributed by atoms with van der Waals surface area (Å²) in [5.74, 6) is 1.26. The summed E-state index contributed by atoms with van der Waals surface area (Å²) in [6.45, 7) is 2.79. The number of rotatable bonds is 7. The molecule has 0 aromatic heterocycles. The van der Waals surface area contributed by atoms with Gasteiger partial charge in [-0.05, 0) is 37.6 Å². The molecule has 0 saturated heterocycles. The number of aliphatic hydroxyl groups is 1. The highest BCUT2D eigenvalue weighted by Gasteiger charge is 2.24. The van der Waals surface area contributed by atoms with Crippen LogP contribution in [-0.4, -0.2) is 17.8 Å². The molecule has 1 aliphatic carbocycles. The van der Waals surface area contributed by atoms with Crippen LogP contribution in [0.15, 0.2) is 0 Å². The van der Waals surface area contributed by atoms with Crippen LogP contribution in [0.3, 0.4) is 0 Å². The zero-order valence-corrected chi connectivity index (χ0v) is 8.71. The molecule has 1 saturated carbocycles. The molecule has 0 amide bonds. The van der Waals surface area contributed by atoms with E-state index in [1.807, 2.05) is 0 Å². The van der Waals surface area contributed by atoms with Crippen LogP contribution in [-0.2, 0) is 0 Å². The Morgan fingerprint density at radius 3 is 2.54 bits per heavy atom. The number of aliphatic hydroxyl groups excluding tert-OH is 1. The van der Waals surface area contributed by atoms with Crippen LogP contribution in [0, 0.1) is 11.8 Å². The van der Waals surface area contributed by atoms with Crippen molar-refractivity contribution in [1.29, 1.82) is 0 Å². The second kappa shape index (κ2) is 5.61. The fraction of sp³-hybridized carbons (Fsp3) is 1.00. The minimum atomic E-state index is -0.148. The van der Waals surface area contributed by atoms with Gasteiger partial charge in [0.15, 0.2) is 0 Å². The molecule has 0 heterocycles. The normalized spacial score (nSPS) is 21.5. The molecule has 0 aromatic carbocycles. The third-order valence-corrected chi connectivity index (χ3v) is 3.07. The van der Waals surface area contributed by atoms with Gasteiger partial charge < -0.3 is 10.8 Å². The topological polar surface area (TPSA) is 46.2 Å². The third-order valence-electron chi connectivity index (χ3n) is 3.07. The molecule has 0 radical (unpaired) electrons. The first-order valence-corrected chi connectivity index (χ1v) is 5.66. The van der Waals surface area contributed by atoms with Crippen LogP contribution in [0.25, 0.3) is 0 Å². The third kappa shape index (κ3) is 4.10. The van der Waals surface area contributed by atoms with Crippen LogP contribution in [0.5, 0.6) is 0 Å². The Hall–Kier alpha value is -0.0800. The standard InChI is InChI=1S/C11H23NO/c1-2-3-10(8-12)11(13)7-6-9-4-5-9/h9-11,13H,2-8,12H2,1H3. The fourth-order valence-electron chi connectivity index (χ4n) is 1.89. The Morgan fingerprint density at radius 2 is 2.08 bits per heavy atom. The van der Waals surface area contributed by atoms with E-state index in [9.17, 15) is 5.11 Å². The molecule has 1 rings (SSSR count). The molecular weight excluding hydrogens is 162 g/mol. The lowest BCUT2D eigenvalue weighted by molar-refractivity contribution is 0.0938. The van der Waals surface area contributed by atoms with E-state index in [4.69, 9.17) is 5.73 Å². The van der Waals surface area contributed by atoms with Gasteiger partial charge >= 0.3 is 0 Å². The largest absolute Gasteiger partial charge is 0.393 e. The van der Waals surface area contributed by atoms with Crippen LogP contribution in [0.1, 0.15) is 45.4 Å². The quantitative estimate of drug-likeness (QED) is 0.636. The molecule has 2 heteroatoms. The van der Waals surface area contributed by atoms with E-state index in [0.29, 0.717) is 12.5 Å². The van der Waals surface area contributed by atoms with Crippen molar-refractivity contribution in [2.75, 3.05) is 6.54 Å². The van der Waals surface area contributed by atoms with Crippen LogP contribution in [0.2, 0.25) is 0 Å². The van der Waals surface area contributed by atoms with Gasteiger partial charge in [-0.2, -0.15) is 0 Å². The summed E-state index contributed by atoms with van der Waals surface area (Å²) in [5.41, 5.74) is 5.62. The van der Waals surface area contributed by atoms with E-state index >= 15 is 0 Å². The summed E-state index contributed by atoms with van der Waals surface area (Å²) in [7, 11) is 0. The molecule has 3 N–H and O–H groups in total. The minimum Gasteiger partial charge on any atom is -0.393 e. The van der Waals surface area contributed by atoms with E-state index in [1.54, 1.807) is 0 Å². The average Bonchev–Trinajstić information content (AvgIpc) is 2.93. The highest BCUT2D eigenvalue weighted by molar-refractivity contribution is 4.77. The zero-order valence-electron chi connectivity index (χ0n) is 8.71. The molecule has 0 aromatic rings. The molecule has 0 bridgehead atoms. The highest BCUT2D eigenvalue weighted by Crippen LogP contribution is 2.34. The summed E-state index contributed by atoms with van der Waals surface area (Å²) in [5, 5.41) is 9.84. The maximum Gasteiger partial charge on any atom is 0.0580 e. The van der Waals surface area contributed by atoms with Crippen molar-refractivity contribution in [1.82, 2.24) is 0 Å². The van der Waals surface area contributed by atoms with Crippen molar-refractivity contribution >= 4 is 0 Å². The molecular formula is C11H23NO. The van der Waals surface area contributed by atoms with Gasteiger partial charge in [0.05, 0.1) is 6.10 Å². The maximum absolute atomic E-state index is 9.84. The van der Waals surface area contributed by atoms with Crippen molar-refractivity contribution < 1.29 is 5.11 Å². The number of nitrogens with two attached hydrogens (primary N) is 1. The Morgan fingerprint density at radius 1 is 1.38 bits per heavy atom.